The molecule has 1 aromatic heterocycles. The van der Waals surface area contributed by atoms with Gasteiger partial charge in [0.1, 0.15) is 5.69 Å². The highest BCUT2D eigenvalue weighted by Crippen LogP contribution is 1.92. The molecule has 50 valence electrons. The van der Waals surface area contributed by atoms with Gasteiger partial charge in [-0.25, -0.2) is 0 Å². The van der Waals surface area contributed by atoms with Gasteiger partial charge in [-0.1, -0.05) is 0 Å². The largest absolute Gasteiger partial charge is 0.352 e. The number of rotatable bonds is 0. The number of nitrogens with one attached hydrogen (secondary N) is 1. The van der Waals surface area contributed by atoms with E-state index < -0.39 is 11.2 Å². The maximum absolute atomic E-state index is 12.5. The second-order valence-corrected chi connectivity index (χ2v) is 1.68. The fraction of sp³-hybridized carbons (Fsp3) is 0. The molecule has 1 heterocycles. The Hall–Kier alpha value is -1.56. The van der Waals surface area contributed by atoms with Gasteiger partial charge < -0.3 is 4.98 Å². The summed E-state index contributed by atoms with van der Waals surface area (Å²) in [6.07, 6.45) is 6.17. The van der Waals surface area contributed by atoms with E-state index in [-0.39, 0.29) is 5.69 Å². The molecule has 1 rings (SSSR count). The zero-order valence-electron chi connectivity index (χ0n) is 5.02. The molecule has 0 amide bonds. The van der Waals surface area contributed by atoms with E-state index in [2.05, 4.69) is 4.98 Å². The summed E-state index contributed by atoms with van der Waals surface area (Å²) in [7, 11) is 0. The van der Waals surface area contributed by atoms with Crippen LogP contribution in [0.4, 0.5) is 4.39 Å². The highest BCUT2D eigenvalue weighted by Gasteiger charge is 2.00. The van der Waals surface area contributed by atoms with Crippen molar-refractivity contribution in [3.63, 3.8) is 0 Å². The van der Waals surface area contributed by atoms with Crippen LogP contribution in [0.25, 0.3) is 0 Å². The molecule has 2 nitrogen and oxygen atoms in total. The SMILES string of the molecule is C#Cc1[nH]ccc(=O)c1F. The van der Waals surface area contributed by atoms with Gasteiger partial charge >= 0.3 is 0 Å². The standard InChI is InChI=1S/C7H4FNO/c1-2-5-7(8)6(10)3-4-9-5/h1,3-4H,(H,9,10). The highest BCUT2D eigenvalue weighted by molar-refractivity contribution is 5.24. The normalized spacial score (nSPS) is 8.80. The molecular weight excluding hydrogens is 133 g/mol. The van der Waals surface area contributed by atoms with Crippen molar-refractivity contribution >= 4 is 0 Å². The smallest absolute Gasteiger partial charge is 0.218 e. The third-order valence-corrected chi connectivity index (χ3v) is 1.04. The third-order valence-electron chi connectivity index (χ3n) is 1.04. The zero-order valence-corrected chi connectivity index (χ0v) is 5.02. The van der Waals surface area contributed by atoms with E-state index in [0.717, 1.165) is 6.07 Å². The molecule has 0 aliphatic heterocycles. The summed E-state index contributed by atoms with van der Waals surface area (Å²) in [5, 5.41) is 0. The number of terminal acetylenes is 1. The number of aromatic amines is 1. The van der Waals surface area contributed by atoms with Crippen LogP contribution >= 0.6 is 0 Å². The molecule has 0 spiro atoms. The first-order valence-electron chi connectivity index (χ1n) is 2.59. The number of aromatic nitrogens is 1. The molecule has 0 fully saturated rings. The van der Waals surface area contributed by atoms with E-state index in [1.807, 2.05) is 5.92 Å². The van der Waals surface area contributed by atoms with Crippen LogP contribution < -0.4 is 5.43 Å². The molecule has 0 aliphatic rings. The van der Waals surface area contributed by atoms with Gasteiger partial charge in [-0.05, 0) is 5.92 Å². The molecule has 0 unspecified atom stereocenters. The predicted molar refractivity (Wildman–Crippen MR) is 35.0 cm³/mol. The van der Waals surface area contributed by atoms with Crippen LogP contribution in [-0.2, 0) is 0 Å². The van der Waals surface area contributed by atoms with E-state index >= 15 is 0 Å². The van der Waals surface area contributed by atoms with Crippen molar-refractivity contribution < 1.29 is 4.39 Å². The van der Waals surface area contributed by atoms with Gasteiger partial charge in [-0.15, -0.1) is 6.42 Å². The maximum Gasteiger partial charge on any atom is 0.218 e. The second-order valence-electron chi connectivity index (χ2n) is 1.68. The molecule has 0 aliphatic carbocycles. The minimum Gasteiger partial charge on any atom is -0.352 e. The van der Waals surface area contributed by atoms with Gasteiger partial charge in [0.05, 0.1) is 0 Å². The molecule has 3 heteroatoms. The molecular formula is C7H4FNO. The second kappa shape index (κ2) is 2.36. The molecule has 0 aromatic carbocycles. The Balaban J connectivity index is 3.46. The number of halogens is 1. The monoisotopic (exact) mass is 137 g/mol. The summed E-state index contributed by atoms with van der Waals surface area (Å²) >= 11 is 0. The Kier molecular flexibility index (Phi) is 1.55. The molecule has 0 saturated carbocycles. The summed E-state index contributed by atoms with van der Waals surface area (Å²) in [5.74, 6) is 1.11. The Morgan fingerprint density at radius 3 is 2.90 bits per heavy atom. The molecule has 1 N–H and O–H groups in total. The maximum atomic E-state index is 12.5. The summed E-state index contributed by atoms with van der Waals surface area (Å²) in [4.78, 5) is 12.9. The predicted octanol–water partition coefficient (Wildman–Crippen LogP) is 0.495. The molecule has 0 bridgehead atoms. The van der Waals surface area contributed by atoms with E-state index in [1.165, 1.54) is 6.20 Å². The first-order valence-corrected chi connectivity index (χ1v) is 2.59. The van der Waals surface area contributed by atoms with Crippen LogP contribution in [0.1, 0.15) is 5.69 Å². The Bertz CT molecular complexity index is 334. The van der Waals surface area contributed by atoms with E-state index in [1.54, 1.807) is 0 Å². The minimum atomic E-state index is -0.898. The summed E-state index contributed by atoms with van der Waals surface area (Å²) in [6, 6.07) is 1.08. The summed E-state index contributed by atoms with van der Waals surface area (Å²) in [6.45, 7) is 0. The Labute approximate surface area is 56.7 Å². The van der Waals surface area contributed by atoms with Gasteiger partial charge in [0.2, 0.25) is 11.2 Å². The van der Waals surface area contributed by atoms with Crippen LogP contribution in [0.5, 0.6) is 0 Å². The van der Waals surface area contributed by atoms with Crippen LogP contribution in [0.2, 0.25) is 0 Å². The molecule has 0 saturated heterocycles. The lowest BCUT2D eigenvalue weighted by atomic mass is 10.3. The molecule has 0 radical (unpaired) electrons. The van der Waals surface area contributed by atoms with Gasteiger partial charge in [0.25, 0.3) is 0 Å². The van der Waals surface area contributed by atoms with E-state index in [0.29, 0.717) is 0 Å². The molecule has 1 aromatic rings. The summed E-state index contributed by atoms with van der Waals surface area (Å²) in [5.41, 5.74) is -0.792. The van der Waals surface area contributed by atoms with Gasteiger partial charge in [0.15, 0.2) is 0 Å². The lowest BCUT2D eigenvalue weighted by molar-refractivity contribution is 0.607. The zero-order chi connectivity index (χ0) is 7.56. The van der Waals surface area contributed by atoms with Crippen molar-refractivity contribution in [2.45, 2.75) is 0 Å². The topological polar surface area (TPSA) is 32.9 Å². The number of hydrogen-bond donors (Lipinski definition) is 1. The number of H-pyrrole nitrogens is 1. The van der Waals surface area contributed by atoms with Crippen LogP contribution in [0.3, 0.4) is 0 Å². The van der Waals surface area contributed by atoms with Crippen LogP contribution in [0, 0.1) is 18.2 Å². The summed E-state index contributed by atoms with van der Waals surface area (Å²) < 4.78 is 12.5. The van der Waals surface area contributed by atoms with E-state index in [4.69, 9.17) is 6.42 Å². The fourth-order valence-electron chi connectivity index (χ4n) is 0.565. The first-order chi connectivity index (χ1) is 4.75. The quantitative estimate of drug-likeness (QED) is 0.519. The van der Waals surface area contributed by atoms with Crippen molar-refractivity contribution in [3.05, 3.63) is 34.0 Å². The van der Waals surface area contributed by atoms with Crippen molar-refractivity contribution in [2.24, 2.45) is 0 Å². The average molecular weight is 137 g/mol. The Morgan fingerprint density at radius 2 is 2.40 bits per heavy atom. The van der Waals surface area contributed by atoms with E-state index in [9.17, 15) is 9.18 Å². The van der Waals surface area contributed by atoms with Crippen LogP contribution in [0.15, 0.2) is 17.1 Å². The van der Waals surface area contributed by atoms with Gasteiger partial charge in [-0.2, -0.15) is 4.39 Å². The fourth-order valence-corrected chi connectivity index (χ4v) is 0.565. The first kappa shape index (κ1) is 6.56. The van der Waals surface area contributed by atoms with Crippen LogP contribution in [-0.4, -0.2) is 4.98 Å². The molecule has 10 heavy (non-hydrogen) atoms. The number of hydrogen-bond acceptors (Lipinski definition) is 1. The minimum absolute atomic E-state index is 0.104. The lowest BCUT2D eigenvalue weighted by Gasteiger charge is -1.89. The van der Waals surface area contributed by atoms with Crippen molar-refractivity contribution in [3.8, 4) is 12.3 Å². The molecule has 0 atom stereocenters. The van der Waals surface area contributed by atoms with Crippen molar-refractivity contribution in [2.75, 3.05) is 0 Å². The van der Waals surface area contributed by atoms with Crippen molar-refractivity contribution in [1.29, 1.82) is 0 Å². The highest BCUT2D eigenvalue weighted by atomic mass is 19.1. The average Bonchev–Trinajstić information content (AvgIpc) is 1.95. The van der Waals surface area contributed by atoms with Gasteiger partial charge in [-0.3, -0.25) is 4.79 Å². The Morgan fingerprint density at radius 1 is 1.70 bits per heavy atom. The van der Waals surface area contributed by atoms with Gasteiger partial charge in [0, 0.05) is 12.3 Å². The van der Waals surface area contributed by atoms with Crippen molar-refractivity contribution in [1.82, 2.24) is 4.98 Å². The number of pyridine rings is 1. The lowest BCUT2D eigenvalue weighted by Crippen LogP contribution is -2.07. The third kappa shape index (κ3) is 0.914.